The number of carbonyl (C=O) groups excluding carboxylic acids is 1. The summed E-state index contributed by atoms with van der Waals surface area (Å²) in [5.74, 6) is -2.71. The van der Waals surface area contributed by atoms with E-state index in [9.17, 15) is 24.3 Å². The molecule has 0 radical (unpaired) electrons. The van der Waals surface area contributed by atoms with Crippen LogP contribution in [0, 0.1) is 0 Å². The largest absolute Gasteiger partial charge is 0.481 e. The lowest BCUT2D eigenvalue weighted by Gasteiger charge is -2.13. The first-order valence-electron chi connectivity index (χ1n) is 9.85. The fourth-order valence-corrected chi connectivity index (χ4v) is 3.49. The number of fused-ring (bicyclic) bond motifs is 3. The van der Waals surface area contributed by atoms with E-state index in [1.807, 2.05) is 6.20 Å². The van der Waals surface area contributed by atoms with Gasteiger partial charge in [-0.25, -0.2) is 9.36 Å². The molecular formula is C20H20N7O6+. The molecule has 1 aliphatic heterocycles. The van der Waals surface area contributed by atoms with Crippen molar-refractivity contribution in [2.45, 2.75) is 25.4 Å². The number of carboxylic acid groups (broad SMARTS) is 2. The number of hydrogen-bond donors (Lipinski definition) is 6. The number of aromatic nitrogens is 4. The summed E-state index contributed by atoms with van der Waals surface area (Å²) in [4.78, 5) is 53.3. The summed E-state index contributed by atoms with van der Waals surface area (Å²) in [6.45, 7) is 0.420. The molecule has 13 nitrogen and oxygen atoms in total. The van der Waals surface area contributed by atoms with Gasteiger partial charge >= 0.3 is 17.5 Å². The van der Waals surface area contributed by atoms with Crippen molar-refractivity contribution in [1.29, 1.82) is 0 Å². The summed E-state index contributed by atoms with van der Waals surface area (Å²) in [6, 6.07) is 5.05. The Hall–Kier alpha value is -4.68. The Kier molecular flexibility index (Phi) is 5.52. The predicted molar refractivity (Wildman–Crippen MR) is 113 cm³/mol. The molecule has 1 aliphatic rings. The molecule has 7 N–H and O–H groups in total. The minimum absolute atomic E-state index is 0.0108. The highest BCUT2D eigenvalue weighted by molar-refractivity contribution is 5.96. The smallest absolute Gasteiger partial charge is 0.326 e. The van der Waals surface area contributed by atoms with E-state index < -0.39 is 29.4 Å². The molecule has 0 bridgehead atoms. The van der Waals surface area contributed by atoms with Crippen molar-refractivity contribution in [3.8, 4) is 11.4 Å². The van der Waals surface area contributed by atoms with Crippen LogP contribution in [0.4, 0.5) is 11.8 Å². The van der Waals surface area contributed by atoms with Crippen LogP contribution in [0.1, 0.15) is 28.9 Å². The molecule has 0 aliphatic carbocycles. The maximum absolute atomic E-state index is 12.4. The first-order valence-corrected chi connectivity index (χ1v) is 9.85. The number of aliphatic carboxylic acids is 2. The summed E-state index contributed by atoms with van der Waals surface area (Å²) in [7, 11) is 0. The molecule has 0 fully saturated rings. The van der Waals surface area contributed by atoms with E-state index >= 15 is 0 Å². The van der Waals surface area contributed by atoms with Gasteiger partial charge in [-0.15, -0.1) is 0 Å². The fourth-order valence-electron chi connectivity index (χ4n) is 3.49. The number of H-pyrrole nitrogens is 1. The number of aromatic amines is 1. The van der Waals surface area contributed by atoms with Gasteiger partial charge in [-0.05, 0) is 30.7 Å². The number of imidazole rings is 1. The van der Waals surface area contributed by atoms with Crippen LogP contribution in [0.2, 0.25) is 0 Å². The SMILES string of the molecule is Nc1nc2c(c(=O)[nH]1)-n1c[n+](-c3ccc(C(=O)N[C@@H](CCC(=O)O)C(=O)O)cc3)cc1CN2. The monoisotopic (exact) mass is 454 g/mol. The highest BCUT2D eigenvalue weighted by atomic mass is 16.4. The molecule has 13 heteroatoms. The van der Waals surface area contributed by atoms with Gasteiger partial charge in [0.25, 0.3) is 12.2 Å². The number of nitrogens with one attached hydrogen (secondary N) is 3. The molecule has 0 spiro atoms. The van der Waals surface area contributed by atoms with Gasteiger partial charge in [0.2, 0.25) is 11.6 Å². The molecule has 1 amide bonds. The van der Waals surface area contributed by atoms with Crippen molar-refractivity contribution in [3.05, 3.63) is 58.4 Å². The predicted octanol–water partition coefficient (Wildman–Crippen LogP) is -0.607. The average molecular weight is 454 g/mol. The molecule has 3 aromatic rings. The second-order valence-electron chi connectivity index (χ2n) is 7.36. The Morgan fingerprint density at radius 1 is 1.24 bits per heavy atom. The highest BCUT2D eigenvalue weighted by Gasteiger charge is 2.28. The quantitative estimate of drug-likeness (QED) is 0.252. The molecule has 1 aromatic carbocycles. The Balaban J connectivity index is 1.54. The van der Waals surface area contributed by atoms with E-state index in [1.165, 1.54) is 12.1 Å². The van der Waals surface area contributed by atoms with Gasteiger partial charge in [0, 0.05) is 12.0 Å². The lowest BCUT2D eigenvalue weighted by Crippen LogP contribution is -2.41. The summed E-state index contributed by atoms with van der Waals surface area (Å²) < 4.78 is 3.45. The number of carbonyl (C=O) groups is 3. The third kappa shape index (κ3) is 4.37. The van der Waals surface area contributed by atoms with E-state index in [2.05, 4.69) is 20.6 Å². The van der Waals surface area contributed by atoms with Crippen molar-refractivity contribution in [3.63, 3.8) is 0 Å². The normalized spacial score (nSPS) is 12.7. The first kappa shape index (κ1) is 21.5. The zero-order chi connectivity index (χ0) is 23.7. The first-order chi connectivity index (χ1) is 15.7. The minimum Gasteiger partial charge on any atom is -0.481 e. The van der Waals surface area contributed by atoms with Crippen LogP contribution in [0.3, 0.4) is 0 Å². The molecule has 0 unspecified atom stereocenters. The van der Waals surface area contributed by atoms with E-state index in [4.69, 9.17) is 10.8 Å². The molecule has 3 heterocycles. The second kappa shape index (κ2) is 8.45. The number of amides is 1. The Morgan fingerprint density at radius 3 is 2.64 bits per heavy atom. The number of hydrogen-bond acceptors (Lipinski definition) is 7. The second-order valence-corrected chi connectivity index (χ2v) is 7.36. The number of nitrogen functional groups attached to an aromatic ring is 1. The van der Waals surface area contributed by atoms with Crippen molar-refractivity contribution >= 4 is 29.6 Å². The number of nitrogens with zero attached hydrogens (tertiary/aromatic N) is 3. The summed E-state index contributed by atoms with van der Waals surface area (Å²) in [6.07, 6.45) is 2.90. The lowest BCUT2D eigenvalue weighted by molar-refractivity contribution is -0.595. The third-order valence-electron chi connectivity index (χ3n) is 5.11. The standard InChI is InChI=1S/C20H19N7O6/c21-20-24-16-15(18(31)25-20)27-9-26(8-12(27)7-22-16)11-3-1-10(2-4-11)17(30)23-13(19(32)33)5-6-14(28)29/h1-4,8-9,13H,5-7H2,(H6-,21,22,23,24,25,28,29,30,31,32,33)/p+1/t13-/m0/s1. The summed E-state index contributed by atoms with van der Waals surface area (Å²) in [5.41, 5.74) is 7.22. The molecule has 4 rings (SSSR count). The zero-order valence-electron chi connectivity index (χ0n) is 17.1. The van der Waals surface area contributed by atoms with Gasteiger partial charge in [-0.1, -0.05) is 0 Å². The lowest BCUT2D eigenvalue weighted by atomic mass is 10.1. The number of benzene rings is 1. The van der Waals surface area contributed by atoms with Crippen LogP contribution >= 0.6 is 0 Å². The Labute approximate surface area is 185 Å². The van der Waals surface area contributed by atoms with Crippen LogP contribution in [0.15, 0.2) is 41.6 Å². The zero-order valence-corrected chi connectivity index (χ0v) is 17.1. The van der Waals surface area contributed by atoms with E-state index in [1.54, 1.807) is 27.6 Å². The molecular weight excluding hydrogens is 434 g/mol. The van der Waals surface area contributed by atoms with Gasteiger partial charge in [-0.3, -0.25) is 19.4 Å². The van der Waals surface area contributed by atoms with E-state index in [0.29, 0.717) is 23.7 Å². The molecule has 2 aromatic heterocycles. The molecule has 1 atom stereocenters. The number of rotatable bonds is 7. The van der Waals surface area contributed by atoms with Gasteiger partial charge < -0.3 is 26.6 Å². The van der Waals surface area contributed by atoms with Gasteiger partial charge in [0.1, 0.15) is 17.9 Å². The van der Waals surface area contributed by atoms with Crippen molar-refractivity contribution in [1.82, 2.24) is 19.9 Å². The maximum Gasteiger partial charge on any atom is 0.326 e. The number of nitrogens with two attached hydrogens (primary N) is 1. The van der Waals surface area contributed by atoms with Gasteiger partial charge in [0.05, 0.1) is 6.54 Å². The third-order valence-corrected chi connectivity index (χ3v) is 5.11. The van der Waals surface area contributed by atoms with Crippen molar-refractivity contribution in [2.75, 3.05) is 11.1 Å². The van der Waals surface area contributed by atoms with Crippen LogP contribution in [-0.2, 0) is 16.1 Å². The van der Waals surface area contributed by atoms with E-state index in [-0.39, 0.29) is 24.4 Å². The number of anilines is 2. The van der Waals surface area contributed by atoms with E-state index in [0.717, 1.165) is 5.69 Å². The van der Waals surface area contributed by atoms with Gasteiger partial charge in [-0.2, -0.15) is 9.55 Å². The van der Waals surface area contributed by atoms with Gasteiger partial charge in [0.15, 0.2) is 11.5 Å². The van der Waals surface area contributed by atoms with Crippen LogP contribution in [0.25, 0.3) is 11.4 Å². The van der Waals surface area contributed by atoms with Crippen molar-refractivity contribution < 1.29 is 29.2 Å². The topological polar surface area (TPSA) is 196 Å². The van der Waals surface area contributed by atoms with Crippen LogP contribution in [-0.4, -0.2) is 48.6 Å². The Morgan fingerprint density at radius 2 is 1.97 bits per heavy atom. The summed E-state index contributed by atoms with van der Waals surface area (Å²) >= 11 is 0. The fraction of sp³-hybridized carbons (Fsp3) is 0.200. The number of carboxylic acids is 2. The highest BCUT2D eigenvalue weighted by Crippen LogP contribution is 2.22. The van der Waals surface area contributed by atoms with Crippen LogP contribution < -0.4 is 26.5 Å². The minimum atomic E-state index is -1.31. The average Bonchev–Trinajstić information content (AvgIpc) is 3.20. The molecule has 0 saturated carbocycles. The molecule has 0 saturated heterocycles. The maximum atomic E-state index is 12.4. The molecule has 170 valence electrons. The molecule has 33 heavy (non-hydrogen) atoms. The summed E-state index contributed by atoms with van der Waals surface area (Å²) in [5, 5.41) is 23.3. The Bertz CT molecular complexity index is 1310. The van der Waals surface area contributed by atoms with Crippen LogP contribution in [0.5, 0.6) is 0 Å². The van der Waals surface area contributed by atoms with Crippen molar-refractivity contribution in [2.24, 2.45) is 0 Å².